The topological polar surface area (TPSA) is 38.1 Å². The lowest BCUT2D eigenvalue weighted by molar-refractivity contribution is 0.0999. The molecule has 0 saturated carbocycles. The molecule has 0 N–H and O–H groups in total. The summed E-state index contributed by atoms with van der Waals surface area (Å²) in [5.74, 6) is 0.0942. The SMILES string of the molecule is CC(=O)c1ccnn1C1CCN(C(C)(C)C)C1. The van der Waals surface area contributed by atoms with Crippen LogP contribution in [-0.2, 0) is 0 Å². The Morgan fingerprint density at radius 2 is 2.18 bits per heavy atom. The lowest BCUT2D eigenvalue weighted by Gasteiger charge is -2.31. The third-order valence-electron chi connectivity index (χ3n) is 3.49. The second-order valence-corrected chi connectivity index (χ2v) is 5.78. The van der Waals surface area contributed by atoms with E-state index < -0.39 is 0 Å². The molecule has 1 aromatic heterocycles. The average molecular weight is 235 g/mol. The third kappa shape index (κ3) is 2.41. The maximum atomic E-state index is 11.5. The molecular weight excluding hydrogens is 214 g/mol. The molecule has 17 heavy (non-hydrogen) atoms. The highest BCUT2D eigenvalue weighted by atomic mass is 16.1. The van der Waals surface area contributed by atoms with E-state index in [0.29, 0.717) is 6.04 Å². The van der Waals surface area contributed by atoms with Crippen LogP contribution in [0.2, 0.25) is 0 Å². The van der Waals surface area contributed by atoms with Gasteiger partial charge in [-0.15, -0.1) is 0 Å². The molecule has 0 aliphatic carbocycles. The number of rotatable bonds is 2. The Labute approximate surface area is 103 Å². The monoisotopic (exact) mass is 235 g/mol. The molecule has 4 heteroatoms. The van der Waals surface area contributed by atoms with Gasteiger partial charge in [-0.3, -0.25) is 14.4 Å². The quantitative estimate of drug-likeness (QED) is 0.737. The van der Waals surface area contributed by atoms with Crippen LogP contribution in [0.15, 0.2) is 12.3 Å². The summed E-state index contributed by atoms with van der Waals surface area (Å²) in [5, 5.41) is 4.31. The number of likely N-dealkylation sites (tertiary alicyclic amines) is 1. The Hall–Kier alpha value is -1.16. The van der Waals surface area contributed by atoms with Gasteiger partial charge in [0.15, 0.2) is 5.78 Å². The Balaban J connectivity index is 2.15. The summed E-state index contributed by atoms with van der Waals surface area (Å²) < 4.78 is 1.90. The molecule has 0 radical (unpaired) electrons. The summed E-state index contributed by atoms with van der Waals surface area (Å²) in [6, 6.07) is 2.14. The van der Waals surface area contributed by atoms with Crippen molar-refractivity contribution in [1.82, 2.24) is 14.7 Å². The first-order valence-electron chi connectivity index (χ1n) is 6.19. The molecule has 1 atom stereocenters. The van der Waals surface area contributed by atoms with Gasteiger partial charge in [0.05, 0.1) is 6.04 Å². The van der Waals surface area contributed by atoms with Gasteiger partial charge in [0.1, 0.15) is 5.69 Å². The van der Waals surface area contributed by atoms with Crippen LogP contribution in [-0.4, -0.2) is 39.1 Å². The molecule has 1 unspecified atom stereocenters. The lowest BCUT2D eigenvalue weighted by atomic mass is 10.1. The summed E-state index contributed by atoms with van der Waals surface area (Å²) in [6.45, 7) is 10.3. The van der Waals surface area contributed by atoms with Crippen molar-refractivity contribution in [3.63, 3.8) is 0 Å². The molecule has 1 aliphatic heterocycles. The minimum Gasteiger partial charge on any atom is -0.296 e. The van der Waals surface area contributed by atoms with E-state index in [1.165, 1.54) is 0 Å². The third-order valence-corrected chi connectivity index (χ3v) is 3.49. The highest BCUT2D eigenvalue weighted by Gasteiger charge is 2.32. The molecule has 1 aromatic rings. The van der Waals surface area contributed by atoms with Crippen LogP contribution in [0.4, 0.5) is 0 Å². The predicted octanol–water partition coefficient (Wildman–Crippen LogP) is 2.13. The summed E-state index contributed by atoms with van der Waals surface area (Å²) in [7, 11) is 0. The van der Waals surface area contributed by atoms with Gasteiger partial charge in [-0.2, -0.15) is 5.10 Å². The van der Waals surface area contributed by atoms with E-state index in [-0.39, 0.29) is 11.3 Å². The van der Waals surface area contributed by atoms with Crippen LogP contribution in [0, 0.1) is 0 Å². The van der Waals surface area contributed by atoms with E-state index >= 15 is 0 Å². The maximum absolute atomic E-state index is 11.5. The van der Waals surface area contributed by atoms with E-state index in [1.54, 1.807) is 13.1 Å². The van der Waals surface area contributed by atoms with Crippen LogP contribution >= 0.6 is 0 Å². The van der Waals surface area contributed by atoms with E-state index in [2.05, 4.69) is 30.8 Å². The van der Waals surface area contributed by atoms with E-state index in [0.717, 1.165) is 25.2 Å². The largest absolute Gasteiger partial charge is 0.296 e. The zero-order valence-corrected chi connectivity index (χ0v) is 11.1. The molecule has 0 amide bonds. The molecular formula is C13H21N3O. The zero-order valence-electron chi connectivity index (χ0n) is 11.1. The average Bonchev–Trinajstić information content (AvgIpc) is 2.85. The number of aromatic nitrogens is 2. The van der Waals surface area contributed by atoms with Crippen LogP contribution in [0.1, 0.15) is 50.6 Å². The van der Waals surface area contributed by atoms with Gasteiger partial charge in [0, 0.05) is 31.7 Å². The van der Waals surface area contributed by atoms with Crippen LogP contribution < -0.4 is 0 Å². The van der Waals surface area contributed by atoms with Gasteiger partial charge < -0.3 is 0 Å². The molecule has 4 nitrogen and oxygen atoms in total. The first kappa shape index (κ1) is 12.3. The molecule has 94 valence electrons. The molecule has 0 spiro atoms. The number of Topliss-reactive ketones (excluding diaryl/α,β-unsaturated/α-hetero) is 1. The van der Waals surface area contributed by atoms with Gasteiger partial charge in [0.2, 0.25) is 0 Å². The van der Waals surface area contributed by atoms with Crippen molar-refractivity contribution in [2.45, 2.75) is 45.7 Å². The van der Waals surface area contributed by atoms with Crippen molar-refractivity contribution in [3.8, 4) is 0 Å². The zero-order chi connectivity index (χ0) is 12.6. The number of hydrogen-bond acceptors (Lipinski definition) is 3. The number of hydrogen-bond donors (Lipinski definition) is 0. The van der Waals surface area contributed by atoms with Crippen molar-refractivity contribution >= 4 is 5.78 Å². The Morgan fingerprint density at radius 1 is 1.47 bits per heavy atom. The van der Waals surface area contributed by atoms with Gasteiger partial charge >= 0.3 is 0 Å². The molecule has 1 fully saturated rings. The summed E-state index contributed by atoms with van der Waals surface area (Å²) in [6.07, 6.45) is 2.79. The van der Waals surface area contributed by atoms with Gasteiger partial charge in [-0.05, 0) is 33.3 Å². The van der Waals surface area contributed by atoms with E-state index in [9.17, 15) is 4.79 Å². The minimum absolute atomic E-state index is 0.0942. The van der Waals surface area contributed by atoms with Crippen LogP contribution in [0.3, 0.4) is 0 Å². The summed E-state index contributed by atoms with van der Waals surface area (Å²) in [5.41, 5.74) is 0.920. The van der Waals surface area contributed by atoms with Gasteiger partial charge in [-0.1, -0.05) is 0 Å². The second kappa shape index (κ2) is 4.26. The maximum Gasteiger partial charge on any atom is 0.177 e. The Bertz CT molecular complexity index is 417. The second-order valence-electron chi connectivity index (χ2n) is 5.78. The normalized spacial score (nSPS) is 22.0. The molecule has 1 aliphatic rings. The van der Waals surface area contributed by atoms with Crippen molar-refractivity contribution in [2.75, 3.05) is 13.1 Å². The first-order valence-corrected chi connectivity index (χ1v) is 6.19. The fourth-order valence-corrected chi connectivity index (χ4v) is 2.43. The lowest BCUT2D eigenvalue weighted by Crippen LogP contribution is -2.39. The van der Waals surface area contributed by atoms with Gasteiger partial charge in [0.25, 0.3) is 0 Å². The number of carbonyl (C=O) groups is 1. The fraction of sp³-hybridized carbons (Fsp3) is 0.692. The molecule has 1 saturated heterocycles. The summed E-state index contributed by atoms with van der Waals surface area (Å²) >= 11 is 0. The number of carbonyl (C=O) groups excluding carboxylic acids is 1. The van der Waals surface area contributed by atoms with E-state index in [4.69, 9.17) is 0 Å². The smallest absolute Gasteiger partial charge is 0.177 e. The number of ketones is 1. The number of nitrogens with zero attached hydrogens (tertiary/aromatic N) is 3. The molecule has 2 heterocycles. The minimum atomic E-state index is 0.0942. The molecule has 2 rings (SSSR count). The predicted molar refractivity (Wildman–Crippen MR) is 67.2 cm³/mol. The van der Waals surface area contributed by atoms with Crippen molar-refractivity contribution in [2.24, 2.45) is 0 Å². The van der Waals surface area contributed by atoms with Gasteiger partial charge in [-0.25, -0.2) is 0 Å². The fourth-order valence-electron chi connectivity index (χ4n) is 2.43. The van der Waals surface area contributed by atoms with Crippen LogP contribution in [0.5, 0.6) is 0 Å². The molecule has 0 aromatic carbocycles. The standard InChI is InChI=1S/C13H21N3O/c1-10(17)12-5-7-14-16(12)11-6-8-15(9-11)13(2,3)4/h5,7,11H,6,8-9H2,1-4H3. The molecule has 0 bridgehead atoms. The van der Waals surface area contributed by atoms with Crippen molar-refractivity contribution < 1.29 is 4.79 Å². The highest BCUT2D eigenvalue weighted by Crippen LogP contribution is 2.28. The van der Waals surface area contributed by atoms with Crippen LogP contribution in [0.25, 0.3) is 0 Å². The summed E-state index contributed by atoms with van der Waals surface area (Å²) in [4.78, 5) is 13.9. The van der Waals surface area contributed by atoms with Crippen molar-refractivity contribution in [3.05, 3.63) is 18.0 Å². The Kier molecular flexibility index (Phi) is 3.08. The highest BCUT2D eigenvalue weighted by molar-refractivity contribution is 5.92. The van der Waals surface area contributed by atoms with E-state index in [1.807, 2.05) is 10.7 Å². The van der Waals surface area contributed by atoms with Crippen molar-refractivity contribution in [1.29, 1.82) is 0 Å². The Morgan fingerprint density at radius 3 is 2.71 bits per heavy atom. The first-order chi connectivity index (χ1) is 7.89.